The smallest absolute Gasteiger partial charge is 0.258 e. The van der Waals surface area contributed by atoms with E-state index in [4.69, 9.17) is 16.3 Å². The molecule has 0 radical (unpaired) electrons. The molecule has 6 heteroatoms. The number of rotatable bonds is 7. The quantitative estimate of drug-likeness (QED) is 0.833. The van der Waals surface area contributed by atoms with Crippen LogP contribution in [0.15, 0.2) is 48.5 Å². The summed E-state index contributed by atoms with van der Waals surface area (Å²) in [5, 5.41) is 3.08. The second kappa shape index (κ2) is 8.66. The SMILES string of the molecule is CN(C)C[C@H](NC(=O)COc1ccc(F)cc1Cl)c1ccccc1. The highest BCUT2D eigenvalue weighted by Crippen LogP contribution is 2.24. The summed E-state index contributed by atoms with van der Waals surface area (Å²) < 4.78 is 18.4. The Bertz CT molecular complexity index is 680. The first kappa shape index (κ1) is 18.2. The number of ether oxygens (including phenoxy) is 1. The average molecular weight is 351 g/mol. The van der Waals surface area contributed by atoms with Gasteiger partial charge >= 0.3 is 0 Å². The number of likely N-dealkylation sites (N-methyl/N-ethyl adjacent to an activating group) is 1. The third kappa shape index (κ3) is 5.51. The van der Waals surface area contributed by atoms with Crippen LogP contribution in [0.5, 0.6) is 5.75 Å². The van der Waals surface area contributed by atoms with Crippen molar-refractivity contribution < 1.29 is 13.9 Å². The molecular weight excluding hydrogens is 331 g/mol. The summed E-state index contributed by atoms with van der Waals surface area (Å²) in [4.78, 5) is 14.2. The van der Waals surface area contributed by atoms with Gasteiger partial charge < -0.3 is 15.0 Å². The van der Waals surface area contributed by atoms with Crippen molar-refractivity contribution in [1.29, 1.82) is 0 Å². The third-order valence-electron chi connectivity index (χ3n) is 3.34. The van der Waals surface area contributed by atoms with Crippen molar-refractivity contribution in [2.24, 2.45) is 0 Å². The zero-order valence-electron chi connectivity index (χ0n) is 13.6. The van der Waals surface area contributed by atoms with Gasteiger partial charge in [-0.2, -0.15) is 0 Å². The highest BCUT2D eigenvalue weighted by atomic mass is 35.5. The molecule has 0 aromatic heterocycles. The number of benzene rings is 2. The molecule has 1 atom stereocenters. The Labute approximate surface area is 146 Å². The van der Waals surface area contributed by atoms with Crippen molar-refractivity contribution in [2.45, 2.75) is 6.04 Å². The van der Waals surface area contributed by atoms with Crippen LogP contribution >= 0.6 is 11.6 Å². The fraction of sp³-hybridized carbons (Fsp3) is 0.278. The van der Waals surface area contributed by atoms with Crippen molar-refractivity contribution >= 4 is 17.5 Å². The van der Waals surface area contributed by atoms with Gasteiger partial charge in [0.1, 0.15) is 11.6 Å². The second-order valence-electron chi connectivity index (χ2n) is 5.66. The molecule has 0 aliphatic heterocycles. The zero-order valence-corrected chi connectivity index (χ0v) is 14.4. The first-order valence-electron chi connectivity index (χ1n) is 7.52. The maximum absolute atomic E-state index is 13.0. The van der Waals surface area contributed by atoms with Crippen molar-refractivity contribution in [3.63, 3.8) is 0 Å². The van der Waals surface area contributed by atoms with Crippen LogP contribution in [0.4, 0.5) is 4.39 Å². The molecule has 0 fully saturated rings. The fourth-order valence-electron chi connectivity index (χ4n) is 2.26. The number of halogens is 2. The minimum Gasteiger partial charge on any atom is -0.482 e. The lowest BCUT2D eigenvalue weighted by atomic mass is 10.1. The Kier molecular flexibility index (Phi) is 6.58. The van der Waals surface area contributed by atoms with E-state index in [1.165, 1.54) is 12.1 Å². The number of nitrogens with one attached hydrogen (secondary N) is 1. The summed E-state index contributed by atoms with van der Waals surface area (Å²) >= 11 is 5.88. The minimum atomic E-state index is -0.452. The predicted octanol–water partition coefficient (Wildman–Crippen LogP) is 3.28. The third-order valence-corrected chi connectivity index (χ3v) is 3.63. The predicted molar refractivity (Wildman–Crippen MR) is 92.8 cm³/mol. The molecular formula is C18H20ClFN2O2. The van der Waals surface area contributed by atoms with Gasteiger partial charge in [-0.05, 0) is 37.9 Å². The molecule has 0 saturated carbocycles. The zero-order chi connectivity index (χ0) is 17.5. The fourth-order valence-corrected chi connectivity index (χ4v) is 2.48. The van der Waals surface area contributed by atoms with Crippen LogP contribution in [-0.4, -0.2) is 38.1 Å². The molecule has 1 amide bonds. The topological polar surface area (TPSA) is 41.6 Å². The lowest BCUT2D eigenvalue weighted by Crippen LogP contribution is -2.37. The summed E-state index contributed by atoms with van der Waals surface area (Å²) in [6.45, 7) is 0.467. The lowest BCUT2D eigenvalue weighted by Gasteiger charge is -2.23. The first-order chi connectivity index (χ1) is 11.5. The van der Waals surface area contributed by atoms with Gasteiger partial charge in [-0.3, -0.25) is 4.79 Å². The van der Waals surface area contributed by atoms with E-state index in [2.05, 4.69) is 5.32 Å². The molecule has 0 heterocycles. The van der Waals surface area contributed by atoms with Crippen LogP contribution in [0.3, 0.4) is 0 Å². The molecule has 0 saturated heterocycles. The second-order valence-corrected chi connectivity index (χ2v) is 6.06. The summed E-state index contributed by atoms with van der Waals surface area (Å²) in [5.74, 6) is -0.449. The van der Waals surface area contributed by atoms with E-state index in [0.29, 0.717) is 6.54 Å². The van der Waals surface area contributed by atoms with Crippen molar-refractivity contribution in [2.75, 3.05) is 27.2 Å². The molecule has 24 heavy (non-hydrogen) atoms. The molecule has 0 spiro atoms. The van der Waals surface area contributed by atoms with Gasteiger partial charge in [0.2, 0.25) is 0 Å². The van der Waals surface area contributed by atoms with Gasteiger partial charge in [-0.25, -0.2) is 4.39 Å². The van der Waals surface area contributed by atoms with Gasteiger partial charge in [-0.1, -0.05) is 41.9 Å². The van der Waals surface area contributed by atoms with Crippen LogP contribution in [0.1, 0.15) is 11.6 Å². The number of carbonyl (C=O) groups excluding carboxylic acids is 1. The molecule has 2 aromatic carbocycles. The van der Waals surface area contributed by atoms with Crippen LogP contribution in [-0.2, 0) is 4.79 Å². The van der Waals surface area contributed by atoms with Crippen LogP contribution in [0, 0.1) is 5.82 Å². The Morgan fingerprint density at radius 3 is 2.58 bits per heavy atom. The molecule has 2 aromatic rings. The van der Waals surface area contributed by atoms with Gasteiger partial charge in [0, 0.05) is 6.54 Å². The molecule has 0 aliphatic rings. The van der Waals surface area contributed by atoms with E-state index in [-0.39, 0.29) is 29.3 Å². The highest BCUT2D eigenvalue weighted by Gasteiger charge is 2.16. The highest BCUT2D eigenvalue weighted by molar-refractivity contribution is 6.32. The Hall–Kier alpha value is -2.11. The maximum Gasteiger partial charge on any atom is 0.258 e. The van der Waals surface area contributed by atoms with Crippen LogP contribution < -0.4 is 10.1 Å². The van der Waals surface area contributed by atoms with Gasteiger partial charge in [-0.15, -0.1) is 0 Å². The molecule has 0 aliphatic carbocycles. The molecule has 0 bridgehead atoms. The van der Waals surface area contributed by atoms with Gasteiger partial charge in [0.05, 0.1) is 11.1 Å². The maximum atomic E-state index is 13.0. The number of hydrogen-bond acceptors (Lipinski definition) is 3. The average Bonchev–Trinajstić information content (AvgIpc) is 2.54. The summed E-state index contributed by atoms with van der Waals surface area (Å²) in [7, 11) is 3.88. The number of nitrogens with zero attached hydrogens (tertiary/aromatic N) is 1. The van der Waals surface area contributed by atoms with Crippen LogP contribution in [0.2, 0.25) is 5.02 Å². The van der Waals surface area contributed by atoms with Crippen LogP contribution in [0.25, 0.3) is 0 Å². The number of amides is 1. The summed E-state index contributed by atoms with van der Waals surface area (Å²) in [6.07, 6.45) is 0. The molecule has 2 rings (SSSR count). The number of carbonyl (C=O) groups is 1. The molecule has 0 unspecified atom stereocenters. The van der Waals surface area contributed by atoms with Crippen molar-refractivity contribution in [1.82, 2.24) is 10.2 Å². The monoisotopic (exact) mass is 350 g/mol. The first-order valence-corrected chi connectivity index (χ1v) is 7.90. The van der Waals surface area contributed by atoms with E-state index >= 15 is 0 Å². The molecule has 128 valence electrons. The normalized spacial score (nSPS) is 12.0. The van der Waals surface area contributed by atoms with Gasteiger partial charge in [0.25, 0.3) is 5.91 Å². The van der Waals surface area contributed by atoms with Crippen molar-refractivity contribution in [3.8, 4) is 5.75 Å². The summed E-state index contributed by atoms with van der Waals surface area (Å²) in [6, 6.07) is 13.3. The Morgan fingerprint density at radius 1 is 1.25 bits per heavy atom. The van der Waals surface area contributed by atoms with Crippen molar-refractivity contribution in [3.05, 3.63) is 64.9 Å². The van der Waals surface area contributed by atoms with E-state index in [1.807, 2.05) is 49.3 Å². The standard InChI is InChI=1S/C18H20ClFN2O2/c1-22(2)11-16(13-6-4-3-5-7-13)21-18(23)12-24-17-9-8-14(20)10-15(17)19/h3-10,16H,11-12H2,1-2H3,(H,21,23)/t16-/m0/s1. The minimum absolute atomic E-state index is 0.135. The van der Waals surface area contributed by atoms with E-state index in [9.17, 15) is 9.18 Å². The van der Waals surface area contributed by atoms with E-state index in [0.717, 1.165) is 11.6 Å². The Balaban J connectivity index is 1.97. The van der Waals surface area contributed by atoms with E-state index < -0.39 is 5.82 Å². The van der Waals surface area contributed by atoms with E-state index in [1.54, 1.807) is 0 Å². The summed E-state index contributed by atoms with van der Waals surface area (Å²) in [5.41, 5.74) is 1.01. The Morgan fingerprint density at radius 2 is 1.96 bits per heavy atom. The molecule has 4 nitrogen and oxygen atoms in total. The lowest BCUT2D eigenvalue weighted by molar-refractivity contribution is -0.123. The van der Waals surface area contributed by atoms with Gasteiger partial charge in [0.15, 0.2) is 6.61 Å². The largest absolute Gasteiger partial charge is 0.482 e. The number of hydrogen-bond donors (Lipinski definition) is 1. The molecule has 1 N–H and O–H groups in total.